The van der Waals surface area contributed by atoms with Crippen molar-refractivity contribution in [2.24, 2.45) is 0 Å². The molecule has 4 rings (SSSR count). The second-order valence-electron chi connectivity index (χ2n) is 4.55. The Hall–Kier alpha value is -1.98. The van der Waals surface area contributed by atoms with Crippen LogP contribution in [0.3, 0.4) is 0 Å². The molecule has 21 heavy (non-hydrogen) atoms. The highest BCUT2D eigenvalue weighted by molar-refractivity contribution is 7.14. The number of benzene rings is 2. The van der Waals surface area contributed by atoms with Crippen molar-refractivity contribution < 1.29 is 9.31 Å². The Morgan fingerprint density at radius 2 is 1.14 bits per heavy atom. The average Bonchev–Trinajstić information content (AvgIpc) is 3.13. The smallest absolute Gasteiger partial charge is 0.518 e. The van der Waals surface area contributed by atoms with Gasteiger partial charge in [0.2, 0.25) is 0 Å². The normalized spacial score (nSPS) is 10.9. The lowest BCUT2D eigenvalue weighted by molar-refractivity contribution is 0.478. The average molecular weight is 309 g/mol. The number of hydrogen-bond acceptors (Lipinski definition) is 4. The van der Waals surface area contributed by atoms with Crippen LogP contribution in [0, 0.1) is 0 Å². The monoisotopic (exact) mass is 309 g/mol. The van der Waals surface area contributed by atoms with Crippen molar-refractivity contribution in [1.29, 1.82) is 0 Å². The summed E-state index contributed by atoms with van der Waals surface area (Å²) in [5.41, 5.74) is 0. The van der Waals surface area contributed by atoms with E-state index in [1.165, 1.54) is 18.5 Å². The molecule has 0 amide bonds. The molecule has 4 aromatic rings. The minimum atomic E-state index is 0.853. The van der Waals surface area contributed by atoms with Gasteiger partial charge in [0, 0.05) is 21.5 Å². The first-order valence-electron chi connectivity index (χ1n) is 6.49. The summed E-state index contributed by atoms with van der Waals surface area (Å²) in [6, 6.07) is 16.3. The van der Waals surface area contributed by atoms with E-state index in [0.717, 1.165) is 20.9 Å². The van der Waals surface area contributed by atoms with Gasteiger partial charge in [-0.3, -0.25) is 0 Å². The molecule has 2 heterocycles. The van der Waals surface area contributed by atoms with Crippen LogP contribution in [-0.4, -0.2) is 7.69 Å². The lowest BCUT2D eigenvalue weighted by Gasteiger charge is -2.03. The Kier molecular flexibility index (Phi) is 3.29. The summed E-state index contributed by atoms with van der Waals surface area (Å²) in [6.45, 7) is 0. The standard InChI is InChI=1S/C16H10BO2S2/c1-3-7-13-11(5-1)9-20-15(13)18-17-19-16-14-8-4-2-6-12(14)10-21-16/h1-10H. The topological polar surface area (TPSA) is 18.5 Å². The van der Waals surface area contributed by atoms with Gasteiger partial charge in [0.25, 0.3) is 0 Å². The second kappa shape index (κ2) is 5.43. The molecule has 0 saturated heterocycles. The first kappa shape index (κ1) is 12.7. The Morgan fingerprint density at radius 1 is 0.667 bits per heavy atom. The van der Waals surface area contributed by atoms with E-state index in [1.807, 2.05) is 24.3 Å². The number of thiophene rings is 2. The third kappa shape index (κ3) is 2.39. The maximum atomic E-state index is 5.66. The van der Waals surface area contributed by atoms with Crippen molar-refractivity contribution in [3.05, 3.63) is 59.3 Å². The predicted molar refractivity (Wildman–Crippen MR) is 90.7 cm³/mol. The number of fused-ring (bicyclic) bond motifs is 2. The van der Waals surface area contributed by atoms with E-state index in [2.05, 4.69) is 35.0 Å². The summed E-state index contributed by atoms with van der Waals surface area (Å²) in [7, 11) is 1.41. The molecule has 0 unspecified atom stereocenters. The Labute approximate surface area is 130 Å². The van der Waals surface area contributed by atoms with E-state index in [1.54, 1.807) is 22.7 Å². The van der Waals surface area contributed by atoms with E-state index in [9.17, 15) is 0 Å². The largest absolute Gasteiger partial charge is 0.659 e. The van der Waals surface area contributed by atoms with Crippen LogP contribution in [0.2, 0.25) is 0 Å². The van der Waals surface area contributed by atoms with Gasteiger partial charge in [-0.25, -0.2) is 0 Å². The first-order valence-corrected chi connectivity index (χ1v) is 8.25. The Bertz CT molecular complexity index is 823. The first-order chi connectivity index (χ1) is 10.4. The molecular weight excluding hydrogens is 299 g/mol. The summed E-state index contributed by atoms with van der Waals surface area (Å²) in [5.74, 6) is 0. The zero-order valence-corrected chi connectivity index (χ0v) is 12.6. The molecule has 0 N–H and O–H groups in total. The van der Waals surface area contributed by atoms with Gasteiger partial charge in [0.15, 0.2) is 10.1 Å². The molecule has 2 aromatic heterocycles. The van der Waals surface area contributed by atoms with E-state index < -0.39 is 0 Å². The van der Waals surface area contributed by atoms with Gasteiger partial charge in [-0.05, 0) is 22.9 Å². The summed E-state index contributed by atoms with van der Waals surface area (Å²) < 4.78 is 11.3. The summed E-state index contributed by atoms with van der Waals surface area (Å²) in [5, 5.41) is 10.5. The molecule has 0 saturated carbocycles. The van der Waals surface area contributed by atoms with E-state index in [0.29, 0.717) is 0 Å². The van der Waals surface area contributed by atoms with Crippen LogP contribution in [-0.2, 0) is 0 Å². The molecule has 0 spiro atoms. The summed E-state index contributed by atoms with van der Waals surface area (Å²) >= 11 is 3.15. The molecule has 1 radical (unpaired) electrons. The third-order valence-corrected chi connectivity index (χ3v) is 5.06. The molecule has 0 aliphatic heterocycles. The highest BCUT2D eigenvalue weighted by Gasteiger charge is 2.10. The molecule has 0 atom stereocenters. The molecule has 2 aromatic carbocycles. The summed E-state index contributed by atoms with van der Waals surface area (Å²) in [4.78, 5) is 0. The van der Waals surface area contributed by atoms with E-state index in [4.69, 9.17) is 9.31 Å². The fraction of sp³-hybridized carbons (Fsp3) is 0. The van der Waals surface area contributed by atoms with Gasteiger partial charge in [-0.2, -0.15) is 0 Å². The quantitative estimate of drug-likeness (QED) is 0.488. The van der Waals surface area contributed by atoms with Crippen LogP contribution in [0.1, 0.15) is 0 Å². The fourth-order valence-corrected chi connectivity index (χ4v) is 3.92. The number of rotatable bonds is 4. The Morgan fingerprint density at radius 3 is 1.67 bits per heavy atom. The predicted octanol–water partition coefficient (Wildman–Crippen LogP) is 5.11. The zero-order valence-electron chi connectivity index (χ0n) is 11.0. The summed E-state index contributed by atoms with van der Waals surface area (Å²) in [6.07, 6.45) is 0. The van der Waals surface area contributed by atoms with Gasteiger partial charge >= 0.3 is 7.69 Å². The molecule has 101 valence electrons. The van der Waals surface area contributed by atoms with Gasteiger partial charge in [-0.1, -0.05) is 36.4 Å². The third-order valence-electron chi connectivity index (χ3n) is 3.26. The van der Waals surface area contributed by atoms with Gasteiger partial charge in [0.05, 0.1) is 0 Å². The highest BCUT2D eigenvalue weighted by Crippen LogP contribution is 2.34. The second-order valence-corrected chi connectivity index (χ2v) is 6.24. The van der Waals surface area contributed by atoms with Gasteiger partial charge in [-0.15, -0.1) is 22.7 Å². The maximum Gasteiger partial charge on any atom is 0.659 e. The van der Waals surface area contributed by atoms with Crippen molar-refractivity contribution in [1.82, 2.24) is 0 Å². The lowest BCUT2D eigenvalue weighted by atomic mass is 10.2. The SMILES string of the molecule is [B](Oc1scc2ccccc12)Oc1scc2ccccc12. The minimum Gasteiger partial charge on any atom is -0.518 e. The van der Waals surface area contributed by atoms with E-state index in [-0.39, 0.29) is 0 Å². The fourth-order valence-electron chi connectivity index (χ4n) is 2.23. The lowest BCUT2D eigenvalue weighted by Crippen LogP contribution is -2.09. The van der Waals surface area contributed by atoms with Gasteiger partial charge < -0.3 is 9.31 Å². The van der Waals surface area contributed by atoms with Crippen molar-refractivity contribution in [2.75, 3.05) is 0 Å². The molecular formula is C16H10BO2S2. The van der Waals surface area contributed by atoms with Crippen LogP contribution in [0.15, 0.2) is 59.3 Å². The van der Waals surface area contributed by atoms with Crippen LogP contribution in [0.5, 0.6) is 10.1 Å². The van der Waals surface area contributed by atoms with Crippen LogP contribution < -0.4 is 9.31 Å². The molecule has 2 nitrogen and oxygen atoms in total. The van der Waals surface area contributed by atoms with Crippen LogP contribution in [0.25, 0.3) is 21.5 Å². The molecule has 0 fully saturated rings. The van der Waals surface area contributed by atoms with Crippen LogP contribution >= 0.6 is 22.7 Å². The molecule has 5 heteroatoms. The highest BCUT2D eigenvalue weighted by atomic mass is 32.1. The van der Waals surface area contributed by atoms with Gasteiger partial charge in [0.1, 0.15) is 0 Å². The van der Waals surface area contributed by atoms with Crippen molar-refractivity contribution in [3.8, 4) is 10.1 Å². The minimum absolute atomic E-state index is 0.853. The zero-order chi connectivity index (χ0) is 14.1. The maximum absolute atomic E-state index is 5.66. The molecule has 0 aliphatic carbocycles. The Balaban J connectivity index is 1.50. The molecule has 0 aliphatic rings. The van der Waals surface area contributed by atoms with Crippen molar-refractivity contribution >= 4 is 51.9 Å². The van der Waals surface area contributed by atoms with E-state index >= 15 is 0 Å². The van der Waals surface area contributed by atoms with Crippen LogP contribution in [0.4, 0.5) is 0 Å². The van der Waals surface area contributed by atoms with Crippen molar-refractivity contribution in [3.63, 3.8) is 0 Å². The molecule has 0 bridgehead atoms. The van der Waals surface area contributed by atoms with Crippen molar-refractivity contribution in [2.45, 2.75) is 0 Å². The number of hydrogen-bond donors (Lipinski definition) is 0.